The zero-order valence-electron chi connectivity index (χ0n) is 10.3. The Kier molecular flexibility index (Phi) is 3.04. The monoisotopic (exact) mass is 223 g/mol. The summed E-state index contributed by atoms with van der Waals surface area (Å²) >= 11 is 0. The first-order valence-electron chi connectivity index (χ1n) is 5.91. The highest BCUT2D eigenvalue weighted by atomic mass is 16.3. The van der Waals surface area contributed by atoms with Crippen molar-refractivity contribution in [3.8, 4) is 0 Å². The van der Waals surface area contributed by atoms with Gasteiger partial charge in [0.15, 0.2) is 0 Å². The minimum Gasteiger partial charge on any atom is -0.385 e. The number of aryl methyl sites for hydroxylation is 1. The minimum absolute atomic E-state index is 0.117. The van der Waals surface area contributed by atoms with E-state index < -0.39 is 6.10 Å². The number of aromatic nitrogens is 2. The van der Waals surface area contributed by atoms with Crippen LogP contribution in [0.1, 0.15) is 37.5 Å². The van der Waals surface area contributed by atoms with Crippen LogP contribution in [0.5, 0.6) is 0 Å². The standard InChI is InChI=1S/C12H21N3O/c1-14(2)12(7-4-5-8-12)11(16)10-6-9-15(3)13-10/h6,9,11,16H,4-5,7-8H2,1-3H3. The lowest BCUT2D eigenvalue weighted by molar-refractivity contribution is -0.00755. The Labute approximate surface area is 96.9 Å². The van der Waals surface area contributed by atoms with Crippen LogP contribution in [0.2, 0.25) is 0 Å². The zero-order chi connectivity index (χ0) is 11.8. The molecule has 1 saturated carbocycles. The largest absolute Gasteiger partial charge is 0.385 e. The fraction of sp³-hybridized carbons (Fsp3) is 0.750. The van der Waals surface area contributed by atoms with Crippen molar-refractivity contribution in [1.29, 1.82) is 0 Å². The lowest BCUT2D eigenvalue weighted by Gasteiger charge is -2.39. The topological polar surface area (TPSA) is 41.3 Å². The summed E-state index contributed by atoms with van der Waals surface area (Å²) in [4.78, 5) is 2.17. The highest BCUT2D eigenvalue weighted by Gasteiger charge is 2.44. The molecule has 0 spiro atoms. The molecule has 1 aromatic heterocycles. The molecule has 2 rings (SSSR count). The highest BCUT2D eigenvalue weighted by Crippen LogP contribution is 2.42. The molecular formula is C12H21N3O. The molecule has 1 aliphatic carbocycles. The molecule has 0 saturated heterocycles. The molecule has 0 aromatic carbocycles. The van der Waals surface area contributed by atoms with E-state index in [4.69, 9.17) is 0 Å². The van der Waals surface area contributed by atoms with Gasteiger partial charge in [-0.15, -0.1) is 0 Å². The van der Waals surface area contributed by atoms with Crippen molar-refractivity contribution < 1.29 is 5.11 Å². The normalized spacial score (nSPS) is 21.6. The number of aliphatic hydroxyl groups excluding tert-OH is 1. The summed E-state index contributed by atoms with van der Waals surface area (Å²) in [6.45, 7) is 0. The quantitative estimate of drug-likeness (QED) is 0.840. The molecule has 4 nitrogen and oxygen atoms in total. The molecule has 4 heteroatoms. The average molecular weight is 223 g/mol. The highest BCUT2D eigenvalue weighted by molar-refractivity contribution is 5.12. The smallest absolute Gasteiger partial charge is 0.116 e. The maximum Gasteiger partial charge on any atom is 0.116 e. The van der Waals surface area contributed by atoms with Gasteiger partial charge in [-0.25, -0.2) is 0 Å². The fourth-order valence-electron chi connectivity index (χ4n) is 2.81. The van der Waals surface area contributed by atoms with E-state index in [9.17, 15) is 5.11 Å². The molecule has 0 amide bonds. The zero-order valence-corrected chi connectivity index (χ0v) is 10.3. The number of aliphatic hydroxyl groups is 1. The molecule has 0 radical (unpaired) electrons. The van der Waals surface area contributed by atoms with Crippen molar-refractivity contribution in [3.05, 3.63) is 18.0 Å². The van der Waals surface area contributed by atoms with E-state index in [1.807, 2.05) is 19.3 Å². The molecule has 0 aliphatic heterocycles. The molecule has 1 aliphatic rings. The lowest BCUT2D eigenvalue weighted by atomic mass is 9.87. The Balaban J connectivity index is 2.27. The van der Waals surface area contributed by atoms with E-state index in [-0.39, 0.29) is 5.54 Å². The van der Waals surface area contributed by atoms with Crippen LogP contribution in [-0.2, 0) is 7.05 Å². The predicted molar refractivity (Wildman–Crippen MR) is 63.1 cm³/mol. The van der Waals surface area contributed by atoms with Crippen LogP contribution in [0.25, 0.3) is 0 Å². The lowest BCUT2D eigenvalue weighted by Crippen LogP contribution is -2.47. The van der Waals surface area contributed by atoms with Crippen LogP contribution >= 0.6 is 0 Å². The summed E-state index contributed by atoms with van der Waals surface area (Å²) in [5, 5.41) is 14.9. The average Bonchev–Trinajstić information content (AvgIpc) is 2.85. The molecule has 16 heavy (non-hydrogen) atoms. The summed E-state index contributed by atoms with van der Waals surface area (Å²) in [6.07, 6.45) is 5.91. The summed E-state index contributed by atoms with van der Waals surface area (Å²) in [5.74, 6) is 0. The minimum atomic E-state index is -0.480. The van der Waals surface area contributed by atoms with Crippen LogP contribution in [0, 0.1) is 0 Å². The van der Waals surface area contributed by atoms with Crippen molar-refractivity contribution in [3.63, 3.8) is 0 Å². The second-order valence-corrected chi connectivity index (χ2v) is 5.02. The molecule has 1 N–H and O–H groups in total. The van der Waals surface area contributed by atoms with Gasteiger partial charge < -0.3 is 10.0 Å². The van der Waals surface area contributed by atoms with Gasteiger partial charge in [-0.05, 0) is 33.0 Å². The third-order valence-electron chi connectivity index (χ3n) is 3.88. The van der Waals surface area contributed by atoms with Gasteiger partial charge in [0, 0.05) is 13.2 Å². The second-order valence-electron chi connectivity index (χ2n) is 5.02. The van der Waals surface area contributed by atoms with Crippen LogP contribution in [0.4, 0.5) is 0 Å². The SMILES string of the molecule is CN(C)C1(C(O)c2ccn(C)n2)CCCC1. The Morgan fingerprint density at radius 2 is 2.06 bits per heavy atom. The van der Waals surface area contributed by atoms with Crippen LogP contribution < -0.4 is 0 Å². The van der Waals surface area contributed by atoms with E-state index in [1.165, 1.54) is 12.8 Å². The Morgan fingerprint density at radius 3 is 2.50 bits per heavy atom. The second kappa shape index (κ2) is 4.18. The van der Waals surface area contributed by atoms with Crippen molar-refractivity contribution in [2.75, 3.05) is 14.1 Å². The molecule has 1 heterocycles. The number of rotatable bonds is 3. The number of hydrogen-bond acceptors (Lipinski definition) is 3. The first kappa shape index (κ1) is 11.6. The first-order chi connectivity index (χ1) is 7.56. The van der Waals surface area contributed by atoms with Gasteiger partial charge in [0.1, 0.15) is 6.10 Å². The van der Waals surface area contributed by atoms with Crippen LogP contribution in [-0.4, -0.2) is 39.4 Å². The summed E-state index contributed by atoms with van der Waals surface area (Å²) in [5.41, 5.74) is 0.673. The predicted octanol–water partition coefficient (Wildman–Crippen LogP) is 1.33. The Morgan fingerprint density at radius 1 is 1.44 bits per heavy atom. The maximum absolute atomic E-state index is 10.5. The van der Waals surface area contributed by atoms with Crippen molar-refractivity contribution in [2.45, 2.75) is 37.3 Å². The number of likely N-dealkylation sites (N-methyl/N-ethyl adjacent to an activating group) is 1. The van der Waals surface area contributed by atoms with Crippen molar-refractivity contribution in [2.24, 2.45) is 7.05 Å². The van der Waals surface area contributed by atoms with E-state index >= 15 is 0 Å². The Bertz CT molecular complexity index is 353. The van der Waals surface area contributed by atoms with E-state index in [1.54, 1.807) is 4.68 Å². The molecule has 1 fully saturated rings. The summed E-state index contributed by atoms with van der Waals surface area (Å²) in [7, 11) is 5.99. The van der Waals surface area contributed by atoms with Crippen molar-refractivity contribution >= 4 is 0 Å². The molecule has 1 unspecified atom stereocenters. The molecule has 1 atom stereocenters. The van der Waals surface area contributed by atoms with Gasteiger partial charge >= 0.3 is 0 Å². The molecule has 0 bridgehead atoms. The van der Waals surface area contributed by atoms with Crippen molar-refractivity contribution in [1.82, 2.24) is 14.7 Å². The summed E-state index contributed by atoms with van der Waals surface area (Å²) < 4.78 is 1.75. The Hall–Kier alpha value is -0.870. The molecule has 90 valence electrons. The van der Waals surface area contributed by atoms with Gasteiger partial charge in [0.05, 0.1) is 11.2 Å². The van der Waals surface area contributed by atoms with Gasteiger partial charge in [-0.2, -0.15) is 5.10 Å². The molecule has 1 aromatic rings. The third kappa shape index (κ3) is 1.76. The maximum atomic E-state index is 10.5. The number of hydrogen-bond donors (Lipinski definition) is 1. The van der Waals surface area contributed by atoms with Gasteiger partial charge in [-0.1, -0.05) is 12.8 Å². The van der Waals surface area contributed by atoms with Crippen LogP contribution in [0.3, 0.4) is 0 Å². The van der Waals surface area contributed by atoms with Gasteiger partial charge in [0.25, 0.3) is 0 Å². The first-order valence-corrected chi connectivity index (χ1v) is 5.91. The van der Waals surface area contributed by atoms with E-state index in [2.05, 4.69) is 24.1 Å². The van der Waals surface area contributed by atoms with E-state index in [0.29, 0.717) is 0 Å². The van der Waals surface area contributed by atoms with Crippen LogP contribution in [0.15, 0.2) is 12.3 Å². The van der Waals surface area contributed by atoms with Gasteiger partial charge in [-0.3, -0.25) is 4.68 Å². The molecular weight excluding hydrogens is 202 g/mol. The summed E-state index contributed by atoms with van der Waals surface area (Å²) in [6, 6.07) is 1.91. The fourth-order valence-corrected chi connectivity index (χ4v) is 2.81. The van der Waals surface area contributed by atoms with Gasteiger partial charge in [0.2, 0.25) is 0 Å². The third-order valence-corrected chi connectivity index (χ3v) is 3.88. The number of nitrogens with zero attached hydrogens (tertiary/aromatic N) is 3. The van der Waals surface area contributed by atoms with E-state index in [0.717, 1.165) is 18.5 Å².